The van der Waals surface area contributed by atoms with E-state index in [1.807, 2.05) is 4.90 Å². The Morgan fingerprint density at radius 3 is 3.05 bits per heavy atom. The maximum atomic E-state index is 13.4. The second kappa shape index (κ2) is 7.24. The Kier molecular flexibility index (Phi) is 5.35. The number of halogens is 1. The summed E-state index contributed by atoms with van der Waals surface area (Å²) in [5.74, 6) is 5.06. The summed E-state index contributed by atoms with van der Waals surface area (Å²) >= 11 is 0. The molecule has 1 aliphatic rings. The lowest BCUT2D eigenvalue weighted by molar-refractivity contribution is 0.0733. The molecule has 1 aromatic carbocycles. The van der Waals surface area contributed by atoms with Crippen LogP contribution in [0.15, 0.2) is 18.2 Å². The van der Waals surface area contributed by atoms with E-state index in [4.69, 9.17) is 5.11 Å². The van der Waals surface area contributed by atoms with Gasteiger partial charge in [-0.3, -0.25) is 4.79 Å². The molecule has 3 nitrogen and oxygen atoms in total. The first-order valence-electron chi connectivity index (χ1n) is 7.37. The van der Waals surface area contributed by atoms with Crippen molar-refractivity contribution in [2.45, 2.75) is 38.6 Å². The highest BCUT2D eigenvalue weighted by molar-refractivity contribution is 5.97. The highest BCUT2D eigenvalue weighted by Gasteiger charge is 2.29. The van der Waals surface area contributed by atoms with E-state index in [-0.39, 0.29) is 18.6 Å². The zero-order valence-electron chi connectivity index (χ0n) is 12.2. The van der Waals surface area contributed by atoms with E-state index in [0.29, 0.717) is 17.5 Å². The van der Waals surface area contributed by atoms with Crippen molar-refractivity contribution in [3.63, 3.8) is 0 Å². The summed E-state index contributed by atoms with van der Waals surface area (Å²) in [5.41, 5.74) is 0.845. The maximum Gasteiger partial charge on any atom is 0.255 e. The molecule has 0 radical (unpaired) electrons. The van der Waals surface area contributed by atoms with Gasteiger partial charge in [0.2, 0.25) is 0 Å². The predicted octanol–water partition coefficient (Wildman–Crippen LogP) is 2.57. The Hall–Kier alpha value is -1.86. The van der Waals surface area contributed by atoms with E-state index < -0.39 is 5.82 Å². The fourth-order valence-corrected chi connectivity index (χ4v) is 2.70. The van der Waals surface area contributed by atoms with Gasteiger partial charge in [-0.1, -0.05) is 18.8 Å². The Balaban J connectivity index is 2.30. The number of aliphatic hydroxyl groups is 1. The molecule has 1 saturated heterocycles. The zero-order valence-corrected chi connectivity index (χ0v) is 12.2. The summed E-state index contributed by atoms with van der Waals surface area (Å²) < 4.78 is 13.4. The van der Waals surface area contributed by atoms with E-state index in [9.17, 15) is 9.18 Å². The normalized spacial score (nSPS) is 17.5. The molecule has 1 aliphatic heterocycles. The molecule has 1 fully saturated rings. The number of rotatable bonds is 3. The third kappa shape index (κ3) is 3.62. The quantitative estimate of drug-likeness (QED) is 0.869. The van der Waals surface area contributed by atoms with Gasteiger partial charge in [-0.25, -0.2) is 4.39 Å². The average molecular weight is 289 g/mol. The van der Waals surface area contributed by atoms with Crippen LogP contribution in [0.4, 0.5) is 4.39 Å². The first kappa shape index (κ1) is 15.5. The highest BCUT2D eigenvalue weighted by atomic mass is 19.1. The van der Waals surface area contributed by atoms with Crippen molar-refractivity contribution in [2.75, 3.05) is 13.2 Å². The number of likely N-dealkylation sites (tertiary alicyclic amines) is 1. The van der Waals surface area contributed by atoms with Gasteiger partial charge in [0.05, 0.1) is 12.2 Å². The lowest BCUT2D eigenvalue weighted by Gasteiger charge is -2.24. The monoisotopic (exact) mass is 289 g/mol. The third-order valence-corrected chi connectivity index (χ3v) is 3.78. The molecule has 1 N–H and O–H groups in total. The molecule has 1 amide bonds. The van der Waals surface area contributed by atoms with Crippen LogP contribution in [-0.4, -0.2) is 35.1 Å². The largest absolute Gasteiger partial charge is 0.395 e. The number of amides is 1. The molecule has 1 aromatic rings. The van der Waals surface area contributed by atoms with Crippen molar-refractivity contribution in [3.8, 4) is 11.8 Å². The Bertz CT molecular complexity index is 574. The summed E-state index contributed by atoms with van der Waals surface area (Å²) in [6.45, 7) is 2.77. The van der Waals surface area contributed by atoms with Crippen molar-refractivity contribution >= 4 is 5.91 Å². The van der Waals surface area contributed by atoms with Crippen LogP contribution in [0.3, 0.4) is 0 Å². The van der Waals surface area contributed by atoms with Gasteiger partial charge in [0.15, 0.2) is 0 Å². The lowest BCUT2D eigenvalue weighted by Crippen LogP contribution is -2.35. The lowest BCUT2D eigenvalue weighted by atomic mass is 10.0. The second-order valence-electron chi connectivity index (χ2n) is 5.17. The van der Waals surface area contributed by atoms with E-state index in [0.717, 1.165) is 25.8 Å². The van der Waals surface area contributed by atoms with E-state index >= 15 is 0 Å². The van der Waals surface area contributed by atoms with Crippen LogP contribution in [0.2, 0.25) is 0 Å². The van der Waals surface area contributed by atoms with Crippen LogP contribution in [0, 0.1) is 17.7 Å². The van der Waals surface area contributed by atoms with Gasteiger partial charge in [0.25, 0.3) is 5.91 Å². The fraction of sp³-hybridized carbons (Fsp3) is 0.471. The summed E-state index contributed by atoms with van der Waals surface area (Å²) in [5, 5.41) is 8.76. The molecular formula is C17H20FNO2. The maximum absolute atomic E-state index is 13.4. The summed E-state index contributed by atoms with van der Waals surface area (Å²) in [6.07, 6.45) is 3.27. The summed E-state index contributed by atoms with van der Waals surface area (Å²) in [6, 6.07) is 4.35. The standard InChI is InChI=1S/C17H20FNO2/c1-2-15-7-5-10-19(15)17(21)16-9-8-14(18)12-13(16)6-3-4-11-20/h8-9,12,15,20H,2,4-5,7,10-11H2,1H3. The molecule has 21 heavy (non-hydrogen) atoms. The number of carbonyl (C=O) groups excluding carboxylic acids is 1. The Morgan fingerprint density at radius 1 is 1.52 bits per heavy atom. The van der Waals surface area contributed by atoms with Crippen molar-refractivity contribution in [1.29, 1.82) is 0 Å². The number of hydrogen-bond acceptors (Lipinski definition) is 2. The number of benzene rings is 1. The van der Waals surface area contributed by atoms with Crippen molar-refractivity contribution in [1.82, 2.24) is 4.90 Å². The first-order valence-corrected chi connectivity index (χ1v) is 7.37. The van der Waals surface area contributed by atoms with Crippen molar-refractivity contribution in [2.24, 2.45) is 0 Å². The number of nitrogens with zero attached hydrogens (tertiary/aromatic N) is 1. The molecule has 112 valence electrons. The van der Waals surface area contributed by atoms with Crippen molar-refractivity contribution < 1.29 is 14.3 Å². The molecule has 1 unspecified atom stereocenters. The molecule has 0 aliphatic carbocycles. The minimum Gasteiger partial charge on any atom is -0.395 e. The van der Waals surface area contributed by atoms with Gasteiger partial charge in [-0.15, -0.1) is 0 Å². The number of carbonyl (C=O) groups is 1. The molecule has 1 atom stereocenters. The van der Waals surface area contributed by atoms with Crippen LogP contribution in [-0.2, 0) is 0 Å². The summed E-state index contributed by atoms with van der Waals surface area (Å²) in [4.78, 5) is 14.5. The number of aliphatic hydroxyl groups excluding tert-OH is 1. The average Bonchev–Trinajstić information content (AvgIpc) is 2.95. The molecule has 0 saturated carbocycles. The molecule has 2 rings (SSSR count). The van der Waals surface area contributed by atoms with Crippen LogP contribution in [0.1, 0.15) is 48.5 Å². The molecular weight excluding hydrogens is 269 g/mol. The minimum atomic E-state index is -0.409. The van der Waals surface area contributed by atoms with Gasteiger partial charge < -0.3 is 10.0 Å². The van der Waals surface area contributed by atoms with Gasteiger partial charge >= 0.3 is 0 Å². The van der Waals surface area contributed by atoms with Crippen LogP contribution in [0.25, 0.3) is 0 Å². The van der Waals surface area contributed by atoms with Gasteiger partial charge in [0, 0.05) is 24.6 Å². The van der Waals surface area contributed by atoms with Gasteiger partial charge in [-0.05, 0) is 37.5 Å². The SMILES string of the molecule is CCC1CCCN1C(=O)c1ccc(F)cc1C#CCCO. The van der Waals surface area contributed by atoms with Crippen LogP contribution in [0.5, 0.6) is 0 Å². The molecule has 1 heterocycles. The molecule has 0 bridgehead atoms. The van der Waals surface area contributed by atoms with Crippen LogP contribution < -0.4 is 0 Å². The first-order chi connectivity index (χ1) is 10.2. The minimum absolute atomic E-state index is 0.0460. The van der Waals surface area contributed by atoms with E-state index in [1.54, 1.807) is 0 Å². The Labute approximate surface area is 124 Å². The van der Waals surface area contributed by atoms with Crippen molar-refractivity contribution in [3.05, 3.63) is 35.1 Å². The van der Waals surface area contributed by atoms with Gasteiger partial charge in [0.1, 0.15) is 5.82 Å². The third-order valence-electron chi connectivity index (χ3n) is 3.78. The van der Waals surface area contributed by atoms with Crippen LogP contribution >= 0.6 is 0 Å². The van der Waals surface area contributed by atoms with Gasteiger partial charge in [-0.2, -0.15) is 0 Å². The van der Waals surface area contributed by atoms with E-state index in [1.165, 1.54) is 18.2 Å². The van der Waals surface area contributed by atoms with E-state index in [2.05, 4.69) is 18.8 Å². The summed E-state index contributed by atoms with van der Waals surface area (Å²) in [7, 11) is 0. The Morgan fingerprint density at radius 2 is 2.33 bits per heavy atom. The number of hydrogen-bond donors (Lipinski definition) is 1. The smallest absolute Gasteiger partial charge is 0.255 e. The topological polar surface area (TPSA) is 40.5 Å². The molecule has 4 heteroatoms. The molecule has 0 aromatic heterocycles. The fourth-order valence-electron chi connectivity index (χ4n) is 2.70. The highest BCUT2D eigenvalue weighted by Crippen LogP contribution is 2.23. The zero-order chi connectivity index (χ0) is 15.2. The predicted molar refractivity (Wildman–Crippen MR) is 79.3 cm³/mol. The molecule has 0 spiro atoms. The second-order valence-corrected chi connectivity index (χ2v) is 5.17.